The van der Waals surface area contributed by atoms with Crippen molar-refractivity contribution in [2.24, 2.45) is 5.92 Å². The standard InChI is InChI=1S/C15H17ClN2O2/c1-10(2)8-18-14(19)9-20-13-6-5-12(16)11-4-3-7-17-15(11)13/h3-7,10H,8-9H2,1-2H3,(H,18,19). The second-order valence-corrected chi connectivity index (χ2v) is 5.34. The molecule has 1 N–H and O–H groups in total. The van der Waals surface area contributed by atoms with Crippen LogP contribution in [0.2, 0.25) is 5.02 Å². The third-order valence-electron chi connectivity index (χ3n) is 2.75. The van der Waals surface area contributed by atoms with E-state index >= 15 is 0 Å². The number of aromatic nitrogens is 1. The smallest absolute Gasteiger partial charge is 0.257 e. The minimum absolute atomic E-state index is 0.0278. The van der Waals surface area contributed by atoms with E-state index in [4.69, 9.17) is 16.3 Å². The first-order valence-corrected chi connectivity index (χ1v) is 6.88. The summed E-state index contributed by atoms with van der Waals surface area (Å²) in [7, 11) is 0. The Morgan fingerprint density at radius 1 is 1.40 bits per heavy atom. The SMILES string of the molecule is CC(C)CNC(=O)COc1ccc(Cl)c2cccnc12. The fourth-order valence-corrected chi connectivity index (χ4v) is 1.96. The van der Waals surface area contributed by atoms with Crippen LogP contribution >= 0.6 is 11.6 Å². The molecule has 0 fully saturated rings. The molecule has 1 aromatic heterocycles. The Balaban J connectivity index is 2.07. The molecule has 0 aliphatic carbocycles. The lowest BCUT2D eigenvalue weighted by Gasteiger charge is -2.11. The fraction of sp³-hybridized carbons (Fsp3) is 0.333. The van der Waals surface area contributed by atoms with Crippen LogP contribution in [-0.4, -0.2) is 24.0 Å². The zero-order chi connectivity index (χ0) is 14.5. The van der Waals surface area contributed by atoms with Crippen molar-refractivity contribution in [3.63, 3.8) is 0 Å². The van der Waals surface area contributed by atoms with Gasteiger partial charge in [-0.3, -0.25) is 9.78 Å². The normalized spacial score (nSPS) is 10.8. The quantitative estimate of drug-likeness (QED) is 0.921. The molecule has 0 radical (unpaired) electrons. The molecule has 106 valence electrons. The summed E-state index contributed by atoms with van der Waals surface area (Å²) in [4.78, 5) is 15.9. The van der Waals surface area contributed by atoms with Crippen LogP contribution in [-0.2, 0) is 4.79 Å². The Morgan fingerprint density at radius 2 is 2.20 bits per heavy atom. The van der Waals surface area contributed by atoms with Gasteiger partial charge in [-0.25, -0.2) is 0 Å². The first-order chi connectivity index (χ1) is 9.58. The molecular formula is C15H17ClN2O2. The number of carbonyl (C=O) groups is 1. The van der Waals surface area contributed by atoms with Gasteiger partial charge in [0.2, 0.25) is 0 Å². The van der Waals surface area contributed by atoms with Crippen LogP contribution in [0.5, 0.6) is 5.75 Å². The van der Waals surface area contributed by atoms with E-state index in [9.17, 15) is 4.79 Å². The number of carbonyl (C=O) groups excluding carboxylic acids is 1. The number of ether oxygens (including phenoxy) is 1. The number of nitrogens with zero attached hydrogens (tertiary/aromatic N) is 1. The highest BCUT2D eigenvalue weighted by molar-refractivity contribution is 6.35. The highest BCUT2D eigenvalue weighted by atomic mass is 35.5. The van der Waals surface area contributed by atoms with Crippen LogP contribution in [0.25, 0.3) is 10.9 Å². The molecule has 2 rings (SSSR count). The molecule has 4 nitrogen and oxygen atoms in total. The van der Waals surface area contributed by atoms with Gasteiger partial charge in [0.15, 0.2) is 6.61 Å². The topological polar surface area (TPSA) is 51.2 Å². The number of halogens is 1. The largest absolute Gasteiger partial charge is 0.481 e. The molecule has 0 saturated heterocycles. The van der Waals surface area contributed by atoms with Gasteiger partial charge < -0.3 is 10.1 Å². The van der Waals surface area contributed by atoms with Crippen LogP contribution in [0.1, 0.15) is 13.8 Å². The van der Waals surface area contributed by atoms with Gasteiger partial charge in [0, 0.05) is 18.1 Å². The molecule has 2 aromatic rings. The molecular weight excluding hydrogens is 276 g/mol. The number of rotatable bonds is 5. The second-order valence-electron chi connectivity index (χ2n) is 4.93. The van der Waals surface area contributed by atoms with E-state index in [1.54, 1.807) is 18.3 Å². The minimum Gasteiger partial charge on any atom is -0.481 e. The fourth-order valence-electron chi connectivity index (χ4n) is 1.74. The predicted molar refractivity (Wildman–Crippen MR) is 80.1 cm³/mol. The number of hydrogen-bond donors (Lipinski definition) is 1. The van der Waals surface area contributed by atoms with Gasteiger partial charge >= 0.3 is 0 Å². The summed E-state index contributed by atoms with van der Waals surface area (Å²) in [6.45, 7) is 4.69. The van der Waals surface area contributed by atoms with E-state index in [2.05, 4.69) is 10.3 Å². The number of hydrogen-bond acceptors (Lipinski definition) is 3. The van der Waals surface area contributed by atoms with Crippen LogP contribution < -0.4 is 10.1 Å². The zero-order valence-corrected chi connectivity index (χ0v) is 12.3. The van der Waals surface area contributed by atoms with E-state index in [0.717, 1.165) is 5.39 Å². The molecule has 0 unspecified atom stereocenters. The maximum Gasteiger partial charge on any atom is 0.257 e. The molecule has 0 aliphatic heterocycles. The number of fused-ring (bicyclic) bond motifs is 1. The summed E-state index contributed by atoms with van der Waals surface area (Å²) < 4.78 is 5.54. The highest BCUT2D eigenvalue weighted by Crippen LogP contribution is 2.29. The maximum absolute atomic E-state index is 11.6. The van der Waals surface area contributed by atoms with E-state index in [1.807, 2.05) is 26.0 Å². The number of pyridine rings is 1. The predicted octanol–water partition coefficient (Wildman–Crippen LogP) is 3.04. The van der Waals surface area contributed by atoms with Crippen LogP contribution in [0.15, 0.2) is 30.5 Å². The second kappa shape index (κ2) is 6.57. The van der Waals surface area contributed by atoms with Gasteiger partial charge in [-0.1, -0.05) is 25.4 Å². The van der Waals surface area contributed by atoms with Crippen molar-refractivity contribution < 1.29 is 9.53 Å². The zero-order valence-electron chi connectivity index (χ0n) is 11.5. The van der Waals surface area contributed by atoms with Crippen LogP contribution in [0.3, 0.4) is 0 Å². The molecule has 0 bridgehead atoms. The van der Waals surface area contributed by atoms with Crippen LogP contribution in [0.4, 0.5) is 0 Å². The monoisotopic (exact) mass is 292 g/mol. The highest BCUT2D eigenvalue weighted by Gasteiger charge is 2.09. The molecule has 1 heterocycles. The van der Waals surface area contributed by atoms with Crippen LogP contribution in [0, 0.1) is 5.92 Å². The van der Waals surface area contributed by atoms with E-state index in [1.165, 1.54) is 0 Å². The third-order valence-corrected chi connectivity index (χ3v) is 3.08. The Bertz CT molecular complexity index is 614. The van der Waals surface area contributed by atoms with Gasteiger partial charge in [0.25, 0.3) is 5.91 Å². The summed E-state index contributed by atoms with van der Waals surface area (Å²) in [5.41, 5.74) is 0.664. The minimum atomic E-state index is -0.141. The number of nitrogens with one attached hydrogen (secondary N) is 1. The van der Waals surface area contributed by atoms with Gasteiger partial charge in [0.1, 0.15) is 11.3 Å². The van der Waals surface area contributed by atoms with Crippen molar-refractivity contribution in [2.45, 2.75) is 13.8 Å². The Hall–Kier alpha value is -1.81. The van der Waals surface area contributed by atoms with Gasteiger partial charge in [0.05, 0.1) is 5.02 Å². The average molecular weight is 293 g/mol. The van der Waals surface area contributed by atoms with Crippen molar-refractivity contribution in [3.05, 3.63) is 35.5 Å². The Morgan fingerprint density at radius 3 is 2.95 bits per heavy atom. The Kier molecular flexibility index (Phi) is 4.79. The number of benzene rings is 1. The van der Waals surface area contributed by atoms with Gasteiger partial charge in [-0.2, -0.15) is 0 Å². The first kappa shape index (κ1) is 14.6. The molecule has 5 heteroatoms. The lowest BCUT2D eigenvalue weighted by Crippen LogP contribution is -2.31. The summed E-state index contributed by atoms with van der Waals surface area (Å²) in [6, 6.07) is 7.16. The van der Waals surface area contributed by atoms with E-state index in [-0.39, 0.29) is 12.5 Å². The molecule has 0 saturated carbocycles. The molecule has 1 aromatic carbocycles. The third kappa shape index (κ3) is 3.61. The molecule has 20 heavy (non-hydrogen) atoms. The lowest BCUT2D eigenvalue weighted by molar-refractivity contribution is -0.123. The van der Waals surface area contributed by atoms with Crippen molar-refractivity contribution in [1.82, 2.24) is 10.3 Å². The van der Waals surface area contributed by atoms with Gasteiger partial charge in [-0.15, -0.1) is 0 Å². The van der Waals surface area contributed by atoms with Crippen molar-refractivity contribution >= 4 is 28.4 Å². The van der Waals surface area contributed by atoms with E-state index < -0.39 is 0 Å². The summed E-state index contributed by atoms with van der Waals surface area (Å²) in [5.74, 6) is 0.833. The van der Waals surface area contributed by atoms with E-state index in [0.29, 0.717) is 28.8 Å². The lowest BCUT2D eigenvalue weighted by atomic mass is 10.2. The summed E-state index contributed by atoms with van der Waals surface area (Å²) >= 11 is 6.10. The maximum atomic E-state index is 11.6. The van der Waals surface area contributed by atoms with Crippen molar-refractivity contribution in [2.75, 3.05) is 13.2 Å². The molecule has 1 amide bonds. The van der Waals surface area contributed by atoms with Gasteiger partial charge in [-0.05, 0) is 30.2 Å². The average Bonchev–Trinajstić information content (AvgIpc) is 2.45. The molecule has 0 atom stereocenters. The summed E-state index contributed by atoms with van der Waals surface area (Å²) in [5, 5.41) is 4.23. The first-order valence-electron chi connectivity index (χ1n) is 6.50. The molecule has 0 spiro atoms. The van der Waals surface area contributed by atoms with Crippen molar-refractivity contribution in [3.8, 4) is 5.75 Å². The molecule has 0 aliphatic rings. The number of amides is 1. The summed E-state index contributed by atoms with van der Waals surface area (Å²) in [6.07, 6.45) is 1.67. The Labute approximate surface area is 123 Å². The van der Waals surface area contributed by atoms with Crippen molar-refractivity contribution in [1.29, 1.82) is 0 Å².